The lowest BCUT2D eigenvalue weighted by atomic mass is 9.78. The van der Waals surface area contributed by atoms with Crippen LogP contribution >= 0.6 is 0 Å². The predicted octanol–water partition coefficient (Wildman–Crippen LogP) is 2.82. The summed E-state index contributed by atoms with van der Waals surface area (Å²) in [5, 5.41) is 2.71. The summed E-state index contributed by atoms with van der Waals surface area (Å²) in [7, 11) is 0. The van der Waals surface area contributed by atoms with Crippen LogP contribution in [0.3, 0.4) is 0 Å². The Hall–Kier alpha value is -1.71. The summed E-state index contributed by atoms with van der Waals surface area (Å²) < 4.78 is 40.8. The molecule has 1 rings (SSSR count). The summed E-state index contributed by atoms with van der Waals surface area (Å²) >= 11 is 0. The van der Waals surface area contributed by atoms with Crippen molar-refractivity contribution in [2.75, 3.05) is 6.61 Å². The van der Waals surface area contributed by atoms with Gasteiger partial charge in [0.25, 0.3) is 0 Å². The molecule has 1 N–H and O–H groups in total. The molecule has 0 unspecified atom stereocenters. The lowest BCUT2D eigenvalue weighted by Crippen LogP contribution is -2.50. The quantitative estimate of drug-likeness (QED) is 0.622. The summed E-state index contributed by atoms with van der Waals surface area (Å²) in [5.74, 6) is -0.444. The molecule has 0 aliphatic heterocycles. The molecule has 0 radical (unpaired) electrons. The van der Waals surface area contributed by atoms with Crippen LogP contribution in [-0.4, -0.2) is 30.2 Å². The molecule has 4 nitrogen and oxygen atoms in total. The number of halogens is 3. The summed E-state index contributed by atoms with van der Waals surface area (Å²) in [4.78, 5) is 24.3. The van der Waals surface area contributed by atoms with Gasteiger partial charge in [-0.25, -0.2) is 0 Å². The molecule has 1 aliphatic carbocycles. The third-order valence-electron chi connectivity index (χ3n) is 4.21. The highest BCUT2D eigenvalue weighted by Gasteiger charge is 2.40. The summed E-state index contributed by atoms with van der Waals surface area (Å²) in [5.41, 5.74) is -0.838. The molecule has 3 atom stereocenters. The van der Waals surface area contributed by atoms with E-state index >= 15 is 0 Å². The fourth-order valence-corrected chi connectivity index (χ4v) is 2.58. The molecular weight excluding hydrogens is 311 g/mol. The Labute approximate surface area is 134 Å². The van der Waals surface area contributed by atoms with Crippen LogP contribution in [0.2, 0.25) is 0 Å². The van der Waals surface area contributed by atoms with E-state index in [1.807, 2.05) is 6.92 Å². The molecule has 0 heterocycles. The average Bonchev–Trinajstić information content (AvgIpc) is 2.51. The van der Waals surface area contributed by atoms with Crippen molar-refractivity contribution in [3.8, 4) is 12.3 Å². The Morgan fingerprint density at radius 3 is 2.30 bits per heavy atom. The van der Waals surface area contributed by atoms with Crippen LogP contribution in [0.1, 0.15) is 46.0 Å². The van der Waals surface area contributed by atoms with E-state index in [2.05, 4.69) is 16.0 Å². The Kier molecular flexibility index (Phi) is 6.48. The minimum absolute atomic E-state index is 0.341. The van der Waals surface area contributed by atoms with Crippen LogP contribution in [0.25, 0.3) is 0 Å². The molecule has 1 fully saturated rings. The number of hydrogen-bond acceptors (Lipinski definition) is 3. The van der Waals surface area contributed by atoms with E-state index in [0.29, 0.717) is 25.7 Å². The molecule has 0 spiro atoms. The first-order chi connectivity index (χ1) is 10.6. The topological polar surface area (TPSA) is 55.4 Å². The molecule has 0 aromatic heterocycles. The second-order valence-corrected chi connectivity index (χ2v) is 6.04. The van der Waals surface area contributed by atoms with Gasteiger partial charge in [0.05, 0.1) is 17.4 Å². The molecular formula is C16H22F3NO3. The number of rotatable bonds is 5. The monoisotopic (exact) mass is 333 g/mol. The van der Waals surface area contributed by atoms with Crippen LogP contribution < -0.4 is 5.32 Å². The Balaban J connectivity index is 2.76. The molecule has 1 saturated carbocycles. The van der Waals surface area contributed by atoms with Crippen LogP contribution in [0, 0.1) is 24.2 Å². The zero-order valence-corrected chi connectivity index (χ0v) is 13.3. The molecule has 1 aliphatic rings. The van der Waals surface area contributed by atoms with Crippen LogP contribution in [0.5, 0.6) is 0 Å². The lowest BCUT2D eigenvalue weighted by Gasteiger charge is -2.32. The standard InChI is InChI=1S/C16H22F3NO3/c1-4-15(3,5-2)20-13(21)11-8-6-7-9-12(11)14(22)23-10-16(17,18)19/h1,11-12H,5-10H2,2-3H3,(H,20,21)/t11-,12-,15-/m0/s1. The van der Waals surface area contributed by atoms with Crippen molar-refractivity contribution in [2.45, 2.75) is 57.7 Å². The van der Waals surface area contributed by atoms with E-state index in [0.717, 1.165) is 6.42 Å². The van der Waals surface area contributed by atoms with E-state index < -0.39 is 42.0 Å². The van der Waals surface area contributed by atoms with E-state index in [1.165, 1.54) is 0 Å². The first-order valence-corrected chi connectivity index (χ1v) is 7.65. The molecule has 0 aromatic rings. The third kappa shape index (κ3) is 5.77. The van der Waals surface area contributed by atoms with Gasteiger partial charge in [-0.15, -0.1) is 6.42 Å². The van der Waals surface area contributed by atoms with Crippen molar-refractivity contribution < 1.29 is 27.5 Å². The van der Waals surface area contributed by atoms with Crippen LogP contribution in [0.4, 0.5) is 13.2 Å². The smallest absolute Gasteiger partial charge is 0.422 e. The number of alkyl halides is 3. The van der Waals surface area contributed by atoms with Gasteiger partial charge in [0.1, 0.15) is 0 Å². The second-order valence-electron chi connectivity index (χ2n) is 6.04. The van der Waals surface area contributed by atoms with Crippen molar-refractivity contribution in [1.82, 2.24) is 5.32 Å². The zero-order valence-electron chi connectivity index (χ0n) is 13.3. The zero-order chi connectivity index (χ0) is 17.7. The van der Waals surface area contributed by atoms with E-state index in [4.69, 9.17) is 6.42 Å². The first kappa shape index (κ1) is 19.3. The fraction of sp³-hybridized carbons (Fsp3) is 0.750. The highest BCUT2D eigenvalue weighted by atomic mass is 19.4. The Morgan fingerprint density at radius 2 is 1.83 bits per heavy atom. The first-order valence-electron chi connectivity index (χ1n) is 7.65. The van der Waals surface area contributed by atoms with E-state index in [-0.39, 0.29) is 0 Å². The molecule has 1 amide bonds. The van der Waals surface area contributed by atoms with Gasteiger partial charge in [-0.2, -0.15) is 13.2 Å². The minimum atomic E-state index is -4.58. The number of hydrogen-bond donors (Lipinski definition) is 1. The van der Waals surface area contributed by atoms with Crippen molar-refractivity contribution in [3.05, 3.63) is 0 Å². The number of esters is 1. The summed E-state index contributed by atoms with van der Waals surface area (Å²) in [6, 6.07) is 0. The maximum atomic E-state index is 12.4. The van der Waals surface area contributed by atoms with Crippen molar-refractivity contribution in [1.29, 1.82) is 0 Å². The highest BCUT2D eigenvalue weighted by molar-refractivity contribution is 5.86. The van der Waals surface area contributed by atoms with E-state index in [9.17, 15) is 22.8 Å². The third-order valence-corrected chi connectivity index (χ3v) is 4.21. The molecule has 7 heteroatoms. The van der Waals surface area contributed by atoms with E-state index in [1.54, 1.807) is 6.92 Å². The van der Waals surface area contributed by atoms with Gasteiger partial charge in [0.2, 0.25) is 5.91 Å². The molecule has 0 aromatic carbocycles. The van der Waals surface area contributed by atoms with Gasteiger partial charge in [0, 0.05) is 0 Å². The van der Waals surface area contributed by atoms with Crippen molar-refractivity contribution >= 4 is 11.9 Å². The van der Waals surface area contributed by atoms with Gasteiger partial charge >= 0.3 is 12.1 Å². The molecule has 0 saturated heterocycles. The van der Waals surface area contributed by atoms with Gasteiger partial charge in [0.15, 0.2) is 6.61 Å². The predicted molar refractivity (Wildman–Crippen MR) is 78.1 cm³/mol. The maximum absolute atomic E-state index is 12.4. The van der Waals surface area contributed by atoms with Gasteiger partial charge in [-0.3, -0.25) is 9.59 Å². The largest absolute Gasteiger partial charge is 0.456 e. The number of carbonyl (C=O) groups excluding carboxylic acids is 2. The second kappa shape index (κ2) is 7.71. The Bertz CT molecular complexity index is 484. The van der Waals surface area contributed by atoms with Gasteiger partial charge in [-0.1, -0.05) is 25.7 Å². The summed E-state index contributed by atoms with van der Waals surface area (Å²) in [6.07, 6.45) is 3.52. The average molecular weight is 333 g/mol. The lowest BCUT2D eigenvalue weighted by molar-refractivity contribution is -0.191. The maximum Gasteiger partial charge on any atom is 0.422 e. The number of nitrogens with one attached hydrogen (secondary N) is 1. The SMILES string of the molecule is C#C[C@@](C)(CC)NC(=O)[C@H]1CCCC[C@@H]1C(=O)OCC(F)(F)F. The summed E-state index contributed by atoms with van der Waals surface area (Å²) in [6.45, 7) is 1.87. The molecule has 0 bridgehead atoms. The Morgan fingerprint density at radius 1 is 1.26 bits per heavy atom. The number of terminal acetylenes is 1. The fourth-order valence-electron chi connectivity index (χ4n) is 2.58. The van der Waals surface area contributed by atoms with Crippen LogP contribution in [0.15, 0.2) is 0 Å². The normalized spacial score (nSPS) is 24.2. The van der Waals surface area contributed by atoms with Crippen molar-refractivity contribution in [3.63, 3.8) is 0 Å². The number of carbonyl (C=O) groups is 2. The molecule has 130 valence electrons. The van der Waals surface area contributed by atoms with Gasteiger partial charge < -0.3 is 10.1 Å². The molecule has 23 heavy (non-hydrogen) atoms. The van der Waals surface area contributed by atoms with Gasteiger partial charge in [-0.05, 0) is 26.2 Å². The minimum Gasteiger partial charge on any atom is -0.456 e. The highest BCUT2D eigenvalue weighted by Crippen LogP contribution is 2.32. The van der Waals surface area contributed by atoms with Crippen LogP contribution in [-0.2, 0) is 14.3 Å². The number of amides is 1. The number of ether oxygens (including phenoxy) is 1. The van der Waals surface area contributed by atoms with Crippen molar-refractivity contribution in [2.24, 2.45) is 11.8 Å².